The van der Waals surface area contributed by atoms with Crippen molar-refractivity contribution in [2.75, 3.05) is 12.3 Å². The Hall–Kier alpha value is -1.84. The molecule has 0 radical (unpaired) electrons. The molecule has 0 unspecified atom stereocenters. The summed E-state index contributed by atoms with van der Waals surface area (Å²) < 4.78 is 12.1. The summed E-state index contributed by atoms with van der Waals surface area (Å²) in [4.78, 5) is 14.9. The topological polar surface area (TPSA) is 146 Å². The number of aliphatic hydroxyl groups excluding tert-OH is 2. The fourth-order valence-electron chi connectivity index (χ4n) is 2.26. The number of carbonyl (C=O) groups is 1. The smallest absolute Gasteiger partial charge is 0.301 e. The summed E-state index contributed by atoms with van der Waals surface area (Å²) in [6.07, 6.45) is -3.16. The zero-order valence-electron chi connectivity index (χ0n) is 9.18. The molecule has 1 aromatic heterocycles. The number of nitrogens with zero attached hydrogens (tertiary/aromatic N) is 2. The molecule has 9 nitrogen and oxygen atoms in total. The monoisotopic (exact) mass is 256 g/mol. The highest BCUT2D eigenvalue weighted by Gasteiger charge is 2.52. The number of primary amides is 1. The van der Waals surface area contributed by atoms with Gasteiger partial charge in [-0.05, 0) is 0 Å². The number of ether oxygens (including phenoxy) is 2. The quantitative estimate of drug-likeness (QED) is 0.460. The predicted molar refractivity (Wildman–Crippen MR) is 56.6 cm³/mol. The number of hydrogen-bond acceptors (Lipinski definition) is 7. The van der Waals surface area contributed by atoms with E-state index >= 15 is 0 Å². The molecule has 1 fully saturated rings. The largest absolute Gasteiger partial charge is 0.454 e. The number of hydrogen-bond donors (Lipinski definition) is 4. The molecule has 0 spiro atoms. The molecule has 1 amide bonds. The first-order valence-corrected chi connectivity index (χ1v) is 5.33. The van der Waals surface area contributed by atoms with Crippen LogP contribution in [0.5, 0.6) is 6.01 Å². The van der Waals surface area contributed by atoms with Crippen molar-refractivity contribution >= 4 is 11.7 Å². The standard InChI is InChI=1S/C9H12N4O5/c10-6-3(7(11)16)12-9-13(6)8-5(18-9)4(15)2(1-14)17-8/h2,4-5,8,14-15H,1,10H2,(H2,11,16)/t2-,4-,5+,8-/m1/s1. The van der Waals surface area contributed by atoms with Crippen LogP contribution in [0, 0.1) is 0 Å². The lowest BCUT2D eigenvalue weighted by atomic mass is 10.1. The minimum absolute atomic E-state index is 0.0239. The molecular formula is C9H12N4O5. The highest BCUT2D eigenvalue weighted by Crippen LogP contribution is 2.42. The van der Waals surface area contributed by atoms with Crippen LogP contribution in [-0.4, -0.2) is 50.6 Å². The molecule has 6 N–H and O–H groups in total. The molecule has 4 atom stereocenters. The third kappa shape index (κ3) is 1.26. The van der Waals surface area contributed by atoms with Gasteiger partial charge in [0.1, 0.15) is 18.0 Å². The van der Waals surface area contributed by atoms with Gasteiger partial charge in [0.2, 0.25) is 0 Å². The van der Waals surface area contributed by atoms with Crippen LogP contribution in [0.1, 0.15) is 16.7 Å². The van der Waals surface area contributed by atoms with E-state index in [-0.39, 0.29) is 24.1 Å². The highest BCUT2D eigenvalue weighted by atomic mass is 16.6. The summed E-state index contributed by atoms with van der Waals surface area (Å²) >= 11 is 0. The summed E-state index contributed by atoms with van der Waals surface area (Å²) in [5.41, 5.74) is 10.7. The van der Waals surface area contributed by atoms with Crippen molar-refractivity contribution in [1.29, 1.82) is 0 Å². The number of rotatable bonds is 2. The Morgan fingerprint density at radius 1 is 1.56 bits per heavy atom. The maximum Gasteiger partial charge on any atom is 0.301 e. The average molecular weight is 256 g/mol. The maximum absolute atomic E-state index is 11.1. The van der Waals surface area contributed by atoms with Gasteiger partial charge in [-0.25, -0.2) is 4.57 Å². The summed E-state index contributed by atoms with van der Waals surface area (Å²) in [5, 5.41) is 18.9. The Balaban J connectivity index is 2.00. The third-order valence-corrected chi connectivity index (χ3v) is 3.14. The van der Waals surface area contributed by atoms with Gasteiger partial charge in [0, 0.05) is 0 Å². The van der Waals surface area contributed by atoms with Gasteiger partial charge in [-0.3, -0.25) is 4.79 Å². The Labute approximate surface area is 101 Å². The first-order chi connectivity index (χ1) is 8.54. The maximum atomic E-state index is 11.1. The van der Waals surface area contributed by atoms with E-state index in [1.54, 1.807) is 0 Å². The number of aromatic nitrogens is 2. The van der Waals surface area contributed by atoms with Gasteiger partial charge in [0.15, 0.2) is 18.0 Å². The molecule has 0 aliphatic carbocycles. The van der Waals surface area contributed by atoms with E-state index in [1.165, 1.54) is 4.57 Å². The molecule has 18 heavy (non-hydrogen) atoms. The van der Waals surface area contributed by atoms with E-state index in [9.17, 15) is 9.90 Å². The Bertz CT molecular complexity index is 515. The summed E-state index contributed by atoms with van der Waals surface area (Å²) in [7, 11) is 0. The third-order valence-electron chi connectivity index (χ3n) is 3.14. The summed E-state index contributed by atoms with van der Waals surface area (Å²) in [6.45, 7) is -0.343. The normalized spacial score (nSPS) is 33.0. The number of imidazole rings is 1. The predicted octanol–water partition coefficient (Wildman–Crippen LogP) is -2.42. The first kappa shape index (κ1) is 11.3. The number of nitrogens with two attached hydrogens (primary N) is 2. The lowest BCUT2D eigenvalue weighted by Crippen LogP contribution is -2.35. The number of aliphatic hydroxyl groups is 2. The summed E-state index contributed by atoms with van der Waals surface area (Å²) in [5.74, 6) is -0.748. The molecule has 0 aromatic carbocycles. The average Bonchev–Trinajstić information content (AvgIpc) is 2.91. The van der Waals surface area contributed by atoms with Crippen molar-refractivity contribution in [3.63, 3.8) is 0 Å². The SMILES string of the molecule is NC(=O)c1nc2n(c1N)[C@@H]1O[C@H](CO)[C@@H](O)[C@@H]1O2. The molecule has 98 valence electrons. The number of nitrogen functional groups attached to an aromatic ring is 1. The van der Waals surface area contributed by atoms with Gasteiger partial charge in [-0.1, -0.05) is 0 Å². The molecule has 2 aliphatic rings. The fourth-order valence-corrected chi connectivity index (χ4v) is 2.26. The fraction of sp³-hybridized carbons (Fsp3) is 0.556. The lowest BCUT2D eigenvalue weighted by molar-refractivity contribution is -0.0424. The van der Waals surface area contributed by atoms with Gasteiger partial charge in [0.25, 0.3) is 5.91 Å². The van der Waals surface area contributed by atoms with E-state index < -0.39 is 30.4 Å². The van der Waals surface area contributed by atoms with Crippen molar-refractivity contribution < 1.29 is 24.5 Å². The minimum atomic E-state index is -0.988. The van der Waals surface area contributed by atoms with Crippen LogP contribution in [-0.2, 0) is 4.74 Å². The molecule has 3 rings (SSSR count). The lowest BCUT2D eigenvalue weighted by Gasteiger charge is -2.13. The summed E-state index contributed by atoms with van der Waals surface area (Å²) in [6, 6.07) is 0.0757. The first-order valence-electron chi connectivity index (χ1n) is 5.33. The number of fused-ring (bicyclic) bond motifs is 3. The van der Waals surface area contributed by atoms with Crippen LogP contribution in [0.15, 0.2) is 0 Å². The van der Waals surface area contributed by atoms with E-state index in [0.29, 0.717) is 0 Å². The van der Waals surface area contributed by atoms with Crippen LogP contribution < -0.4 is 16.2 Å². The van der Waals surface area contributed by atoms with Gasteiger partial charge in [-0.2, -0.15) is 4.98 Å². The molecule has 2 aliphatic heterocycles. The van der Waals surface area contributed by atoms with E-state index in [1.807, 2.05) is 0 Å². The van der Waals surface area contributed by atoms with Gasteiger partial charge >= 0.3 is 6.01 Å². The van der Waals surface area contributed by atoms with E-state index in [4.69, 9.17) is 26.0 Å². The number of amides is 1. The number of carbonyl (C=O) groups excluding carboxylic acids is 1. The Morgan fingerprint density at radius 3 is 2.89 bits per heavy atom. The zero-order valence-corrected chi connectivity index (χ0v) is 9.18. The van der Waals surface area contributed by atoms with Crippen LogP contribution in [0.25, 0.3) is 0 Å². The molecule has 1 saturated heterocycles. The molecular weight excluding hydrogens is 244 g/mol. The van der Waals surface area contributed by atoms with Crippen molar-refractivity contribution in [3.05, 3.63) is 5.69 Å². The Morgan fingerprint density at radius 2 is 2.28 bits per heavy atom. The van der Waals surface area contributed by atoms with Gasteiger partial charge < -0.3 is 31.2 Å². The molecule has 3 heterocycles. The highest BCUT2D eigenvalue weighted by molar-refractivity contribution is 5.95. The molecule has 0 bridgehead atoms. The molecule has 1 aromatic rings. The minimum Gasteiger partial charge on any atom is -0.454 e. The van der Waals surface area contributed by atoms with Gasteiger partial charge in [-0.15, -0.1) is 0 Å². The van der Waals surface area contributed by atoms with Crippen LogP contribution in [0.3, 0.4) is 0 Å². The van der Waals surface area contributed by atoms with Crippen LogP contribution >= 0.6 is 0 Å². The van der Waals surface area contributed by atoms with E-state index in [2.05, 4.69) is 4.98 Å². The van der Waals surface area contributed by atoms with Crippen LogP contribution in [0.4, 0.5) is 5.82 Å². The molecule has 0 saturated carbocycles. The Kier molecular flexibility index (Phi) is 2.24. The van der Waals surface area contributed by atoms with E-state index in [0.717, 1.165) is 0 Å². The molecule has 9 heteroatoms. The van der Waals surface area contributed by atoms with Crippen molar-refractivity contribution in [2.45, 2.75) is 24.5 Å². The van der Waals surface area contributed by atoms with Crippen molar-refractivity contribution in [1.82, 2.24) is 9.55 Å². The van der Waals surface area contributed by atoms with Crippen LogP contribution in [0.2, 0.25) is 0 Å². The number of anilines is 1. The van der Waals surface area contributed by atoms with Gasteiger partial charge in [0.05, 0.1) is 6.61 Å². The second kappa shape index (κ2) is 3.57. The van der Waals surface area contributed by atoms with Crippen molar-refractivity contribution in [3.8, 4) is 6.01 Å². The second-order valence-corrected chi connectivity index (χ2v) is 4.18. The second-order valence-electron chi connectivity index (χ2n) is 4.18. The van der Waals surface area contributed by atoms with Crippen molar-refractivity contribution in [2.24, 2.45) is 5.73 Å². The zero-order chi connectivity index (χ0) is 13.0.